The van der Waals surface area contributed by atoms with Gasteiger partial charge in [-0.25, -0.2) is 0 Å². The van der Waals surface area contributed by atoms with Gasteiger partial charge in [-0.3, -0.25) is 0 Å². The molecule has 0 fully saturated rings. The molecule has 1 aliphatic heterocycles. The van der Waals surface area contributed by atoms with Gasteiger partial charge in [-0.15, -0.1) is 0 Å². The number of aliphatic hydroxyl groups is 1. The lowest BCUT2D eigenvalue weighted by Crippen LogP contribution is -2.18. The fourth-order valence-electron chi connectivity index (χ4n) is 2.57. The number of benzene rings is 2. The maximum absolute atomic E-state index is 9.19. The average molecular weight is 239 g/mol. The number of anilines is 1. The molecule has 0 spiro atoms. The third-order valence-electron chi connectivity index (χ3n) is 3.59. The number of nitrogens with one attached hydrogen (secondary N) is 1. The van der Waals surface area contributed by atoms with Crippen LogP contribution in [-0.4, -0.2) is 5.11 Å². The minimum absolute atomic E-state index is 0.102. The Kier molecular flexibility index (Phi) is 3.03. The van der Waals surface area contributed by atoms with Gasteiger partial charge in [0.1, 0.15) is 0 Å². The van der Waals surface area contributed by atoms with E-state index in [1.54, 1.807) is 0 Å². The molecule has 18 heavy (non-hydrogen) atoms. The van der Waals surface area contributed by atoms with Crippen molar-refractivity contribution >= 4 is 5.69 Å². The molecule has 0 aromatic heterocycles. The lowest BCUT2D eigenvalue weighted by Gasteiger charge is -2.27. The van der Waals surface area contributed by atoms with Crippen molar-refractivity contribution in [3.63, 3.8) is 0 Å². The van der Waals surface area contributed by atoms with Gasteiger partial charge < -0.3 is 10.4 Å². The van der Waals surface area contributed by atoms with Gasteiger partial charge >= 0.3 is 0 Å². The van der Waals surface area contributed by atoms with Gasteiger partial charge in [0.2, 0.25) is 0 Å². The zero-order valence-electron chi connectivity index (χ0n) is 10.3. The Hall–Kier alpha value is -1.80. The second-order valence-electron chi connectivity index (χ2n) is 4.80. The van der Waals surface area contributed by atoms with Gasteiger partial charge in [-0.1, -0.05) is 42.5 Å². The minimum atomic E-state index is 0.102. The van der Waals surface area contributed by atoms with Crippen molar-refractivity contribution in [2.45, 2.75) is 25.5 Å². The molecule has 0 bridgehead atoms. The van der Waals surface area contributed by atoms with Crippen LogP contribution in [0.4, 0.5) is 5.69 Å². The summed E-state index contributed by atoms with van der Waals surface area (Å²) >= 11 is 0. The van der Waals surface area contributed by atoms with Crippen LogP contribution in [0.2, 0.25) is 0 Å². The monoisotopic (exact) mass is 239 g/mol. The van der Waals surface area contributed by atoms with Crippen molar-refractivity contribution < 1.29 is 5.11 Å². The summed E-state index contributed by atoms with van der Waals surface area (Å²) in [5.74, 6) is 0. The van der Waals surface area contributed by atoms with E-state index in [0.717, 1.165) is 18.4 Å². The van der Waals surface area contributed by atoms with Gasteiger partial charge in [0.05, 0.1) is 12.6 Å². The van der Waals surface area contributed by atoms with Crippen LogP contribution in [-0.2, 0) is 13.0 Å². The van der Waals surface area contributed by atoms with Crippen LogP contribution in [0.25, 0.3) is 0 Å². The number of aryl methyl sites for hydroxylation is 1. The first-order valence-electron chi connectivity index (χ1n) is 6.41. The quantitative estimate of drug-likeness (QED) is 0.843. The summed E-state index contributed by atoms with van der Waals surface area (Å²) in [4.78, 5) is 0. The van der Waals surface area contributed by atoms with E-state index in [0.29, 0.717) is 6.04 Å². The molecule has 3 rings (SSSR count). The summed E-state index contributed by atoms with van der Waals surface area (Å²) < 4.78 is 0. The smallest absolute Gasteiger partial charge is 0.0682 e. The molecular formula is C16H17NO. The fourth-order valence-corrected chi connectivity index (χ4v) is 2.57. The Bertz CT molecular complexity index is 536. The van der Waals surface area contributed by atoms with Crippen LogP contribution in [0.15, 0.2) is 48.5 Å². The van der Waals surface area contributed by atoms with E-state index in [9.17, 15) is 5.11 Å². The summed E-state index contributed by atoms with van der Waals surface area (Å²) in [7, 11) is 0. The molecule has 2 nitrogen and oxygen atoms in total. The summed E-state index contributed by atoms with van der Waals surface area (Å²) in [6, 6.07) is 17.1. The second kappa shape index (κ2) is 4.83. The molecule has 0 aliphatic carbocycles. The normalized spacial score (nSPS) is 17.9. The zero-order chi connectivity index (χ0) is 12.4. The van der Waals surface area contributed by atoms with Crippen molar-refractivity contribution in [1.82, 2.24) is 0 Å². The van der Waals surface area contributed by atoms with Crippen LogP contribution >= 0.6 is 0 Å². The first-order chi connectivity index (χ1) is 8.86. The number of rotatable bonds is 2. The van der Waals surface area contributed by atoms with Gasteiger partial charge in [-0.05, 0) is 35.6 Å². The van der Waals surface area contributed by atoms with E-state index in [-0.39, 0.29) is 6.61 Å². The molecule has 1 heterocycles. The molecule has 0 radical (unpaired) electrons. The third-order valence-corrected chi connectivity index (χ3v) is 3.59. The maximum atomic E-state index is 9.19. The summed E-state index contributed by atoms with van der Waals surface area (Å²) in [6.45, 7) is 0.102. The van der Waals surface area contributed by atoms with Gasteiger partial charge in [-0.2, -0.15) is 0 Å². The second-order valence-corrected chi connectivity index (χ2v) is 4.80. The van der Waals surface area contributed by atoms with Crippen LogP contribution in [0.3, 0.4) is 0 Å². The van der Waals surface area contributed by atoms with E-state index in [1.165, 1.54) is 16.8 Å². The molecule has 1 atom stereocenters. The topological polar surface area (TPSA) is 32.3 Å². The van der Waals surface area contributed by atoms with Crippen molar-refractivity contribution in [2.24, 2.45) is 0 Å². The highest BCUT2D eigenvalue weighted by atomic mass is 16.3. The molecule has 0 saturated heterocycles. The molecule has 2 heteroatoms. The van der Waals surface area contributed by atoms with Gasteiger partial charge in [0.25, 0.3) is 0 Å². The van der Waals surface area contributed by atoms with Gasteiger partial charge in [0.15, 0.2) is 0 Å². The lowest BCUT2D eigenvalue weighted by molar-refractivity contribution is 0.282. The van der Waals surface area contributed by atoms with Crippen molar-refractivity contribution in [3.8, 4) is 0 Å². The SMILES string of the molecule is OCc1ccc2c(c1)NC(c1ccccc1)CC2. The van der Waals surface area contributed by atoms with Gasteiger partial charge in [0, 0.05) is 5.69 Å². The first-order valence-corrected chi connectivity index (χ1v) is 6.41. The van der Waals surface area contributed by atoms with Crippen LogP contribution < -0.4 is 5.32 Å². The summed E-state index contributed by atoms with van der Waals surface area (Å²) in [5, 5.41) is 12.8. The van der Waals surface area contributed by atoms with E-state index in [2.05, 4.69) is 41.7 Å². The predicted molar refractivity (Wildman–Crippen MR) is 73.5 cm³/mol. The average Bonchev–Trinajstić information content (AvgIpc) is 2.47. The maximum Gasteiger partial charge on any atom is 0.0682 e. The number of fused-ring (bicyclic) bond motifs is 1. The highest BCUT2D eigenvalue weighted by Gasteiger charge is 2.18. The Morgan fingerprint density at radius 2 is 1.94 bits per heavy atom. The van der Waals surface area contributed by atoms with Crippen molar-refractivity contribution in [3.05, 3.63) is 65.2 Å². The molecular weight excluding hydrogens is 222 g/mol. The van der Waals surface area contributed by atoms with E-state index in [4.69, 9.17) is 0 Å². The van der Waals surface area contributed by atoms with Crippen molar-refractivity contribution in [1.29, 1.82) is 0 Å². The molecule has 0 saturated carbocycles. The molecule has 2 N–H and O–H groups in total. The van der Waals surface area contributed by atoms with Crippen LogP contribution in [0.1, 0.15) is 29.2 Å². The fraction of sp³-hybridized carbons (Fsp3) is 0.250. The van der Waals surface area contributed by atoms with E-state index in [1.807, 2.05) is 12.1 Å². The molecule has 92 valence electrons. The van der Waals surface area contributed by atoms with E-state index < -0.39 is 0 Å². The number of hydrogen-bond acceptors (Lipinski definition) is 2. The molecule has 0 amide bonds. The zero-order valence-corrected chi connectivity index (χ0v) is 10.3. The Morgan fingerprint density at radius 3 is 2.72 bits per heavy atom. The van der Waals surface area contributed by atoms with Crippen molar-refractivity contribution in [2.75, 3.05) is 5.32 Å². The predicted octanol–water partition coefficient (Wildman–Crippen LogP) is 3.28. The largest absolute Gasteiger partial charge is 0.392 e. The molecule has 2 aromatic carbocycles. The number of aliphatic hydroxyl groups excluding tert-OH is 1. The molecule has 2 aromatic rings. The van der Waals surface area contributed by atoms with E-state index >= 15 is 0 Å². The Morgan fingerprint density at radius 1 is 1.11 bits per heavy atom. The molecule has 1 unspecified atom stereocenters. The third kappa shape index (κ3) is 2.12. The summed E-state index contributed by atoms with van der Waals surface area (Å²) in [6.07, 6.45) is 2.21. The molecule has 1 aliphatic rings. The number of hydrogen-bond donors (Lipinski definition) is 2. The minimum Gasteiger partial charge on any atom is -0.392 e. The Balaban J connectivity index is 1.88. The standard InChI is InChI=1S/C16H17NO/c18-11-12-6-7-14-8-9-15(17-16(14)10-12)13-4-2-1-3-5-13/h1-7,10,15,17-18H,8-9,11H2. The highest BCUT2D eigenvalue weighted by molar-refractivity contribution is 5.56. The van der Waals surface area contributed by atoms with Crippen LogP contribution in [0.5, 0.6) is 0 Å². The summed E-state index contributed by atoms with van der Waals surface area (Å²) in [5.41, 5.74) is 4.81. The van der Waals surface area contributed by atoms with Crippen LogP contribution in [0, 0.1) is 0 Å². The lowest BCUT2D eigenvalue weighted by atomic mass is 9.93. The highest BCUT2D eigenvalue weighted by Crippen LogP contribution is 2.33. The first kappa shape index (κ1) is 11.3. The Labute approximate surface area is 107 Å².